The molecule has 0 aliphatic heterocycles. The molecule has 0 amide bonds. The third kappa shape index (κ3) is 12.1. The quantitative estimate of drug-likeness (QED) is 0.126. The van der Waals surface area contributed by atoms with Gasteiger partial charge in [0, 0.05) is 33.3 Å². The summed E-state index contributed by atoms with van der Waals surface area (Å²) in [7, 11) is 0. The van der Waals surface area contributed by atoms with E-state index in [0.29, 0.717) is 11.4 Å². The minimum absolute atomic E-state index is 0.0390. The summed E-state index contributed by atoms with van der Waals surface area (Å²) in [5, 5.41) is 6.09. The minimum Gasteiger partial charge on any atom is -0.307 e. The fourth-order valence-corrected chi connectivity index (χ4v) is 13.2. The van der Waals surface area contributed by atoms with Crippen LogP contribution in [-0.2, 0) is 32.5 Å². The van der Waals surface area contributed by atoms with Crippen molar-refractivity contribution in [3.8, 4) is 44.5 Å². The van der Waals surface area contributed by atoms with Crippen LogP contribution in [0.1, 0.15) is 158 Å². The summed E-state index contributed by atoms with van der Waals surface area (Å²) in [5.41, 5.74) is 17.6. The first-order valence-electron chi connectivity index (χ1n) is 32.8. The van der Waals surface area contributed by atoms with Gasteiger partial charge in [0.25, 0.3) is 0 Å². The van der Waals surface area contributed by atoms with E-state index >= 15 is 8.78 Å². The molecule has 466 valence electrons. The molecule has 12 rings (SSSR count). The van der Waals surface area contributed by atoms with Crippen LogP contribution in [0.25, 0.3) is 76.8 Å². The molecule has 0 radical (unpaired) electrons. The zero-order chi connectivity index (χ0) is 65.8. The fourth-order valence-electron chi connectivity index (χ4n) is 13.2. The van der Waals surface area contributed by atoms with Crippen LogP contribution < -0.4 is 9.80 Å². The van der Waals surface area contributed by atoms with Crippen LogP contribution >= 0.6 is 0 Å². The van der Waals surface area contributed by atoms with Gasteiger partial charge in [0.1, 0.15) is 11.6 Å². The SMILES string of the molecule is CC(C)(C)c1ccc(-c2cc(F)c(N(c3cccc(C(C)(C)C)c3)c3ccc4ccc5c(N(c6cccc(C(C)(C)C)c6)c6c(F)cc(-c7ccc(C(C)(C)C)cc7)cc6-c6ccc(C(C)(C)C)cc6)ccc6ccc3c4c65)c(-c3ccc(C(C)(C)C)cc3)c2)cc1. The summed E-state index contributed by atoms with van der Waals surface area (Å²) in [6, 6.07) is 77.3. The van der Waals surface area contributed by atoms with E-state index in [0.717, 1.165) is 111 Å². The normalized spacial score (nSPS) is 12.8. The highest BCUT2D eigenvalue weighted by Crippen LogP contribution is 2.53. The second-order valence-electron chi connectivity index (χ2n) is 31.9. The molecule has 12 aromatic carbocycles. The van der Waals surface area contributed by atoms with E-state index in [2.05, 4.69) is 341 Å². The Kier molecular flexibility index (Phi) is 15.9. The molecule has 0 heterocycles. The highest BCUT2D eigenvalue weighted by Gasteiger charge is 2.31. The molecule has 0 fully saturated rings. The third-order valence-corrected chi connectivity index (χ3v) is 18.9. The number of halogens is 2. The Balaban J connectivity index is 1.14. The molecule has 0 aliphatic rings. The number of benzene rings is 12. The summed E-state index contributed by atoms with van der Waals surface area (Å²) in [6.07, 6.45) is 0. The van der Waals surface area contributed by atoms with Crippen LogP contribution in [0.2, 0.25) is 0 Å². The van der Waals surface area contributed by atoms with Crippen LogP contribution in [0.5, 0.6) is 0 Å². The molecule has 12 aromatic rings. The van der Waals surface area contributed by atoms with E-state index in [1.54, 1.807) is 12.1 Å². The largest absolute Gasteiger partial charge is 0.307 e. The van der Waals surface area contributed by atoms with E-state index < -0.39 is 0 Å². The lowest BCUT2D eigenvalue weighted by molar-refractivity contribution is 0.590. The Morgan fingerprint density at radius 2 is 0.533 bits per heavy atom. The summed E-state index contributed by atoms with van der Waals surface area (Å²) in [4.78, 5) is 4.35. The van der Waals surface area contributed by atoms with Gasteiger partial charge in [0.2, 0.25) is 0 Å². The maximum atomic E-state index is 18.7. The van der Waals surface area contributed by atoms with Crippen molar-refractivity contribution in [2.45, 2.75) is 157 Å². The lowest BCUT2D eigenvalue weighted by Gasteiger charge is -2.33. The second kappa shape index (κ2) is 23.1. The molecular weight excluding hydrogens is 1120 g/mol. The first-order valence-corrected chi connectivity index (χ1v) is 32.8. The van der Waals surface area contributed by atoms with Crippen LogP contribution in [0.3, 0.4) is 0 Å². The van der Waals surface area contributed by atoms with E-state index in [9.17, 15) is 0 Å². The number of anilines is 6. The third-order valence-electron chi connectivity index (χ3n) is 18.9. The summed E-state index contributed by atoms with van der Waals surface area (Å²) in [6.45, 7) is 40.1. The predicted octanol–water partition coefficient (Wildman–Crippen LogP) is 26.3. The van der Waals surface area contributed by atoms with Gasteiger partial charge in [-0.1, -0.05) is 282 Å². The average molecular weight is 1210 g/mol. The molecule has 0 spiro atoms. The topological polar surface area (TPSA) is 6.48 Å². The van der Waals surface area contributed by atoms with Gasteiger partial charge in [-0.05, 0) is 181 Å². The molecule has 0 saturated heterocycles. The average Bonchev–Trinajstić information content (AvgIpc) is 0.718. The molecule has 0 atom stereocenters. The summed E-state index contributed by atoms with van der Waals surface area (Å²) in [5.74, 6) is -0.670. The first kappa shape index (κ1) is 63.3. The number of hydrogen-bond donors (Lipinski definition) is 0. The van der Waals surface area contributed by atoms with Gasteiger partial charge in [0.05, 0.1) is 22.7 Å². The predicted molar refractivity (Wildman–Crippen MR) is 393 cm³/mol. The zero-order valence-corrected chi connectivity index (χ0v) is 57.4. The molecule has 0 N–H and O–H groups in total. The van der Waals surface area contributed by atoms with E-state index in [-0.39, 0.29) is 44.1 Å². The Hall–Kier alpha value is -8.86. The van der Waals surface area contributed by atoms with Gasteiger partial charge >= 0.3 is 0 Å². The molecular formula is C88H90F2N2. The fraction of sp³-hybridized carbons (Fsp3) is 0.273. The maximum absolute atomic E-state index is 18.7. The minimum atomic E-state index is -0.335. The molecule has 0 unspecified atom stereocenters. The van der Waals surface area contributed by atoms with Crippen molar-refractivity contribution in [3.63, 3.8) is 0 Å². The Labute approximate surface area is 547 Å². The van der Waals surface area contributed by atoms with Gasteiger partial charge < -0.3 is 9.80 Å². The number of hydrogen-bond acceptors (Lipinski definition) is 2. The van der Waals surface area contributed by atoms with Gasteiger partial charge in [-0.15, -0.1) is 0 Å². The number of nitrogens with zero attached hydrogens (tertiary/aromatic N) is 2. The highest BCUT2D eigenvalue weighted by molar-refractivity contribution is 6.28. The number of rotatable bonds is 10. The van der Waals surface area contributed by atoms with Crippen molar-refractivity contribution in [3.05, 3.63) is 263 Å². The molecule has 2 nitrogen and oxygen atoms in total. The van der Waals surface area contributed by atoms with Gasteiger partial charge in [-0.25, -0.2) is 8.78 Å². The summed E-state index contributed by atoms with van der Waals surface area (Å²) < 4.78 is 37.4. The molecule has 0 aromatic heterocycles. The Bertz CT molecular complexity index is 4410. The van der Waals surface area contributed by atoms with Crippen molar-refractivity contribution in [2.75, 3.05) is 9.80 Å². The van der Waals surface area contributed by atoms with Crippen LogP contribution in [0.4, 0.5) is 42.9 Å². The van der Waals surface area contributed by atoms with Crippen molar-refractivity contribution in [1.82, 2.24) is 0 Å². The Morgan fingerprint density at radius 3 is 0.826 bits per heavy atom. The van der Waals surface area contributed by atoms with Crippen molar-refractivity contribution in [2.24, 2.45) is 0 Å². The first-order chi connectivity index (χ1) is 43.2. The lowest BCUT2D eigenvalue weighted by atomic mass is 9.85. The zero-order valence-electron chi connectivity index (χ0n) is 57.4. The molecule has 4 heteroatoms. The van der Waals surface area contributed by atoms with Crippen LogP contribution in [0, 0.1) is 11.6 Å². The summed E-state index contributed by atoms with van der Waals surface area (Å²) >= 11 is 0. The smallest absolute Gasteiger partial charge is 0.148 e. The van der Waals surface area contributed by atoms with E-state index in [4.69, 9.17) is 0 Å². The van der Waals surface area contributed by atoms with Gasteiger partial charge in [-0.3, -0.25) is 0 Å². The molecule has 92 heavy (non-hydrogen) atoms. The van der Waals surface area contributed by atoms with E-state index in [1.165, 1.54) is 22.3 Å². The molecule has 0 aliphatic carbocycles. The van der Waals surface area contributed by atoms with Crippen molar-refractivity contribution < 1.29 is 8.78 Å². The monoisotopic (exact) mass is 1210 g/mol. The lowest BCUT2D eigenvalue weighted by Crippen LogP contribution is -2.17. The van der Waals surface area contributed by atoms with E-state index in [1.807, 2.05) is 0 Å². The van der Waals surface area contributed by atoms with Crippen LogP contribution in [0.15, 0.2) is 218 Å². The Morgan fingerprint density at radius 1 is 0.250 bits per heavy atom. The maximum Gasteiger partial charge on any atom is 0.148 e. The van der Waals surface area contributed by atoms with Gasteiger partial charge in [-0.2, -0.15) is 0 Å². The molecule has 0 bridgehead atoms. The second-order valence-corrected chi connectivity index (χ2v) is 31.9. The molecule has 0 saturated carbocycles. The van der Waals surface area contributed by atoms with Crippen molar-refractivity contribution in [1.29, 1.82) is 0 Å². The highest BCUT2D eigenvalue weighted by atomic mass is 19.1. The van der Waals surface area contributed by atoms with Crippen LogP contribution in [-0.4, -0.2) is 0 Å². The standard InChI is InChI=1S/C88H90F2N2/c1-83(2,3)63-37-25-55(26-38-63)61-49-73(57-29-41-65(42-30-57)85(7,8)9)81(75(89)51-61)91(69-23-19-21-67(53-69)87(13,14)15)77-47-35-59-34-46-72-78(48-36-60-33-45-71(77)79(59)80(60)72)92(70-24-20-22-68(54-70)88(16,17)18)82-74(58-31-43-66(44-32-58)86(10,11)12)50-62(52-76(82)90)56-27-39-64(40-28-56)84(4,5)6/h19-54H,1-18H3. The van der Waals surface area contributed by atoms with Gasteiger partial charge in [0.15, 0.2) is 0 Å². The van der Waals surface area contributed by atoms with Crippen molar-refractivity contribution >= 4 is 66.4 Å².